The zero-order valence-electron chi connectivity index (χ0n) is 21.2. The summed E-state index contributed by atoms with van der Waals surface area (Å²) in [5, 5.41) is 3.20. The molecule has 1 aromatic rings. The molecule has 3 aliphatic carbocycles. The van der Waals surface area contributed by atoms with Crippen LogP contribution in [0, 0.1) is 34.5 Å². The highest BCUT2D eigenvalue weighted by Crippen LogP contribution is 2.66. The lowest BCUT2D eigenvalue weighted by Crippen LogP contribution is -2.61. The lowest BCUT2D eigenvalue weighted by Gasteiger charge is -2.61. The summed E-state index contributed by atoms with van der Waals surface area (Å²) in [7, 11) is 2.04. The van der Waals surface area contributed by atoms with Gasteiger partial charge in [0.25, 0.3) is 0 Å². The normalized spacial score (nSPS) is 39.2. The van der Waals surface area contributed by atoms with E-state index in [2.05, 4.69) is 24.1 Å². The third kappa shape index (κ3) is 4.08. The van der Waals surface area contributed by atoms with E-state index < -0.39 is 0 Å². The van der Waals surface area contributed by atoms with E-state index in [4.69, 9.17) is 4.74 Å². The largest absolute Gasteiger partial charge is 0.367 e. The van der Waals surface area contributed by atoms with Crippen LogP contribution in [0.25, 0.3) is 0 Å². The van der Waals surface area contributed by atoms with Gasteiger partial charge >= 0.3 is 0 Å². The van der Waals surface area contributed by atoms with Crippen molar-refractivity contribution < 1.29 is 14.3 Å². The Morgan fingerprint density at radius 3 is 2.59 bits per heavy atom. The number of ether oxygens (including phenoxy) is 1. The first-order valence-corrected chi connectivity index (χ1v) is 13.5. The second-order valence-corrected chi connectivity index (χ2v) is 12.1. The summed E-state index contributed by atoms with van der Waals surface area (Å²) in [6.45, 7) is 6.37. The molecule has 2 amide bonds. The van der Waals surface area contributed by atoms with Crippen LogP contribution in [0.1, 0.15) is 70.8 Å². The molecule has 5 rings (SSSR count). The summed E-state index contributed by atoms with van der Waals surface area (Å²) in [5.41, 5.74) is 1.68. The van der Waals surface area contributed by atoms with Crippen molar-refractivity contribution in [3.05, 3.63) is 35.9 Å². The lowest BCUT2D eigenvalue weighted by atomic mass is 9.47. The highest BCUT2D eigenvalue weighted by atomic mass is 16.5. The van der Waals surface area contributed by atoms with E-state index in [9.17, 15) is 9.59 Å². The second-order valence-electron chi connectivity index (χ2n) is 12.1. The highest BCUT2D eigenvalue weighted by molar-refractivity contribution is 5.77. The van der Waals surface area contributed by atoms with Crippen LogP contribution < -0.4 is 5.32 Å². The number of benzene rings is 1. The molecule has 5 nitrogen and oxygen atoms in total. The first kappa shape index (κ1) is 23.8. The summed E-state index contributed by atoms with van der Waals surface area (Å²) in [6.07, 6.45) is 9.24. The van der Waals surface area contributed by atoms with E-state index in [0.29, 0.717) is 29.9 Å². The second kappa shape index (κ2) is 9.29. The first-order chi connectivity index (χ1) is 16.3. The van der Waals surface area contributed by atoms with Gasteiger partial charge in [-0.15, -0.1) is 0 Å². The van der Waals surface area contributed by atoms with Crippen LogP contribution in [-0.2, 0) is 20.9 Å². The van der Waals surface area contributed by atoms with Gasteiger partial charge < -0.3 is 15.0 Å². The minimum atomic E-state index is -0.000374. The smallest absolute Gasteiger partial charge is 0.246 e. The first-order valence-electron chi connectivity index (χ1n) is 13.5. The Labute approximate surface area is 205 Å². The van der Waals surface area contributed by atoms with Crippen LogP contribution in [0.3, 0.4) is 0 Å². The van der Waals surface area contributed by atoms with Crippen molar-refractivity contribution in [3.63, 3.8) is 0 Å². The molecule has 7 atom stereocenters. The fourth-order valence-corrected chi connectivity index (χ4v) is 8.72. The molecule has 1 saturated heterocycles. The maximum absolute atomic E-state index is 12.5. The molecule has 1 N–H and O–H groups in total. The van der Waals surface area contributed by atoms with Gasteiger partial charge in [0.2, 0.25) is 11.8 Å². The number of carbonyl (C=O) groups is 2. The summed E-state index contributed by atoms with van der Waals surface area (Å²) in [4.78, 5) is 26.9. The number of likely N-dealkylation sites (tertiary alicyclic amines) is 1. The SMILES string of the molecule is CN1C(=O)CC[C@@]2(C)C1CC[C@@H]1[C@H]2CC[C@]2(C)C(CNC(=O)COCc3ccccc3)CC[C@@H]12. The molecule has 4 aliphatic rings. The van der Waals surface area contributed by atoms with Gasteiger partial charge in [0.1, 0.15) is 6.61 Å². The Balaban J connectivity index is 1.17. The number of rotatable bonds is 6. The summed E-state index contributed by atoms with van der Waals surface area (Å²) < 4.78 is 5.64. The predicted octanol–water partition coefficient (Wildman–Crippen LogP) is 4.80. The molecule has 0 radical (unpaired) electrons. The molecule has 0 aromatic heterocycles. The molecule has 0 bridgehead atoms. The van der Waals surface area contributed by atoms with Gasteiger partial charge in [-0.25, -0.2) is 0 Å². The quantitative estimate of drug-likeness (QED) is 0.655. The Morgan fingerprint density at radius 1 is 1.03 bits per heavy atom. The molecule has 1 aliphatic heterocycles. The lowest BCUT2D eigenvalue weighted by molar-refractivity contribution is -0.158. The highest BCUT2D eigenvalue weighted by Gasteiger charge is 2.60. The molecule has 186 valence electrons. The minimum Gasteiger partial charge on any atom is -0.367 e. The zero-order valence-corrected chi connectivity index (χ0v) is 21.2. The van der Waals surface area contributed by atoms with Crippen molar-refractivity contribution in [1.82, 2.24) is 10.2 Å². The van der Waals surface area contributed by atoms with Gasteiger partial charge in [-0.1, -0.05) is 44.2 Å². The van der Waals surface area contributed by atoms with Crippen LogP contribution in [0.4, 0.5) is 0 Å². The Kier molecular flexibility index (Phi) is 6.52. The van der Waals surface area contributed by atoms with Crippen molar-refractivity contribution in [2.24, 2.45) is 34.5 Å². The standard InChI is InChI=1S/C29H42N2O3/c1-28-15-13-24-22(10-12-25-29(24,2)16-14-27(33)31(25)3)23(28)11-9-21(28)17-30-26(32)19-34-18-20-7-5-4-6-8-20/h4-8,21-25H,9-19H2,1-3H3,(H,30,32)/t21?,22-,23-,24+,25?,28+,29+/m0/s1. The maximum Gasteiger partial charge on any atom is 0.246 e. The molecular weight excluding hydrogens is 424 g/mol. The number of carbonyl (C=O) groups excluding carboxylic acids is 2. The molecule has 1 heterocycles. The topological polar surface area (TPSA) is 58.6 Å². The Morgan fingerprint density at radius 2 is 1.79 bits per heavy atom. The molecule has 3 saturated carbocycles. The number of nitrogens with zero attached hydrogens (tertiary/aromatic N) is 1. The number of hydrogen-bond donors (Lipinski definition) is 1. The van der Waals surface area contributed by atoms with Crippen LogP contribution in [0.15, 0.2) is 30.3 Å². The van der Waals surface area contributed by atoms with Crippen LogP contribution in [0.2, 0.25) is 0 Å². The Bertz CT molecular complexity index is 904. The van der Waals surface area contributed by atoms with E-state index in [1.165, 1.54) is 32.1 Å². The average molecular weight is 467 g/mol. The predicted molar refractivity (Wildman–Crippen MR) is 133 cm³/mol. The fourth-order valence-electron chi connectivity index (χ4n) is 8.72. The van der Waals surface area contributed by atoms with Gasteiger partial charge in [0.05, 0.1) is 6.61 Å². The molecular formula is C29H42N2O3. The summed E-state index contributed by atoms with van der Waals surface area (Å²) >= 11 is 0. The monoisotopic (exact) mass is 466 g/mol. The number of amides is 2. The number of nitrogens with one attached hydrogen (secondary N) is 1. The van der Waals surface area contributed by atoms with Gasteiger partial charge in [0.15, 0.2) is 0 Å². The van der Waals surface area contributed by atoms with Gasteiger partial charge in [-0.3, -0.25) is 9.59 Å². The molecule has 34 heavy (non-hydrogen) atoms. The average Bonchev–Trinajstić information content (AvgIpc) is 3.17. The van der Waals surface area contributed by atoms with Crippen molar-refractivity contribution >= 4 is 11.8 Å². The van der Waals surface area contributed by atoms with Crippen molar-refractivity contribution in [2.75, 3.05) is 20.2 Å². The van der Waals surface area contributed by atoms with Crippen molar-refractivity contribution in [2.45, 2.75) is 77.9 Å². The van der Waals surface area contributed by atoms with Gasteiger partial charge in [-0.05, 0) is 85.0 Å². The minimum absolute atomic E-state index is 0.000374. The summed E-state index contributed by atoms with van der Waals surface area (Å²) in [5.74, 6) is 3.16. The molecule has 5 heteroatoms. The number of fused-ring (bicyclic) bond motifs is 5. The molecule has 4 fully saturated rings. The van der Waals surface area contributed by atoms with Crippen molar-refractivity contribution in [1.29, 1.82) is 0 Å². The van der Waals surface area contributed by atoms with Gasteiger partial charge in [-0.2, -0.15) is 0 Å². The van der Waals surface area contributed by atoms with E-state index in [1.54, 1.807) is 0 Å². The third-order valence-corrected chi connectivity index (χ3v) is 10.6. The fraction of sp³-hybridized carbons (Fsp3) is 0.724. The van der Waals surface area contributed by atoms with Crippen LogP contribution in [0.5, 0.6) is 0 Å². The maximum atomic E-state index is 12.5. The van der Waals surface area contributed by atoms with Crippen LogP contribution >= 0.6 is 0 Å². The van der Waals surface area contributed by atoms with E-state index in [1.807, 2.05) is 37.4 Å². The van der Waals surface area contributed by atoms with E-state index in [0.717, 1.165) is 49.1 Å². The summed E-state index contributed by atoms with van der Waals surface area (Å²) in [6, 6.07) is 10.4. The van der Waals surface area contributed by atoms with E-state index in [-0.39, 0.29) is 17.9 Å². The van der Waals surface area contributed by atoms with E-state index >= 15 is 0 Å². The van der Waals surface area contributed by atoms with Gasteiger partial charge in [0, 0.05) is 26.1 Å². The molecule has 1 aromatic carbocycles. The van der Waals surface area contributed by atoms with Crippen LogP contribution in [-0.4, -0.2) is 43.0 Å². The van der Waals surface area contributed by atoms with Crippen molar-refractivity contribution in [3.8, 4) is 0 Å². The Hall–Kier alpha value is -1.88. The molecule has 2 unspecified atom stereocenters. The zero-order chi connectivity index (χ0) is 23.9. The molecule has 0 spiro atoms. The number of hydrogen-bond acceptors (Lipinski definition) is 3. The number of piperidine rings is 1. The third-order valence-electron chi connectivity index (χ3n) is 10.6.